The maximum atomic E-state index is 3.59. The predicted molar refractivity (Wildman–Crippen MR) is 77.2 cm³/mol. The zero-order valence-electron chi connectivity index (χ0n) is 11.6. The predicted octanol–water partition coefficient (Wildman–Crippen LogP) is 3.25. The third-order valence-corrected chi connectivity index (χ3v) is 4.48. The summed E-state index contributed by atoms with van der Waals surface area (Å²) in [6.07, 6.45) is 2.53. The molecule has 2 N–H and O–H groups in total. The number of hydrogen-bond acceptors (Lipinski definition) is 1. The third-order valence-electron chi connectivity index (χ3n) is 4.48. The van der Waals surface area contributed by atoms with Crippen molar-refractivity contribution in [1.29, 1.82) is 0 Å². The number of rotatable bonds is 2. The summed E-state index contributed by atoms with van der Waals surface area (Å²) in [5, 5.41) is 4.90. The summed E-state index contributed by atoms with van der Waals surface area (Å²) >= 11 is 0. The van der Waals surface area contributed by atoms with Crippen molar-refractivity contribution in [2.45, 2.75) is 33.6 Å². The van der Waals surface area contributed by atoms with Gasteiger partial charge in [0, 0.05) is 16.6 Å². The van der Waals surface area contributed by atoms with Gasteiger partial charge in [-0.25, -0.2) is 0 Å². The monoisotopic (exact) mass is 242 g/mol. The van der Waals surface area contributed by atoms with Gasteiger partial charge in [-0.1, -0.05) is 12.1 Å². The molecule has 2 heteroatoms. The average Bonchev–Trinajstić information content (AvgIpc) is 2.95. The number of aromatic nitrogens is 1. The minimum absolute atomic E-state index is 0.810. The number of aromatic amines is 1. The van der Waals surface area contributed by atoms with Crippen LogP contribution in [0.25, 0.3) is 10.9 Å². The second kappa shape index (κ2) is 4.43. The lowest BCUT2D eigenvalue weighted by molar-refractivity contribution is 0.580. The molecule has 0 spiro atoms. The third kappa shape index (κ3) is 1.85. The van der Waals surface area contributed by atoms with Crippen LogP contribution in [0.15, 0.2) is 12.1 Å². The van der Waals surface area contributed by atoms with E-state index in [1.807, 2.05) is 0 Å². The van der Waals surface area contributed by atoms with E-state index < -0.39 is 0 Å². The summed E-state index contributed by atoms with van der Waals surface area (Å²) in [4.78, 5) is 3.59. The van der Waals surface area contributed by atoms with Gasteiger partial charge in [0.25, 0.3) is 0 Å². The summed E-state index contributed by atoms with van der Waals surface area (Å²) in [7, 11) is 0. The maximum Gasteiger partial charge on any atom is 0.0491 e. The fourth-order valence-electron chi connectivity index (χ4n) is 3.13. The lowest BCUT2D eigenvalue weighted by Crippen LogP contribution is -2.11. The molecule has 0 saturated carbocycles. The van der Waals surface area contributed by atoms with Gasteiger partial charge >= 0.3 is 0 Å². The van der Waals surface area contributed by atoms with E-state index in [0.29, 0.717) is 0 Å². The van der Waals surface area contributed by atoms with Gasteiger partial charge in [0.15, 0.2) is 0 Å². The highest BCUT2D eigenvalue weighted by atomic mass is 14.9. The Balaban J connectivity index is 2.05. The Morgan fingerprint density at radius 1 is 1.22 bits per heavy atom. The van der Waals surface area contributed by atoms with E-state index in [9.17, 15) is 0 Å². The molecule has 1 aromatic heterocycles. The van der Waals surface area contributed by atoms with Crippen LogP contribution in [0.1, 0.15) is 28.8 Å². The second-order valence-corrected chi connectivity index (χ2v) is 5.72. The van der Waals surface area contributed by atoms with Crippen molar-refractivity contribution in [2.24, 2.45) is 5.92 Å². The average molecular weight is 242 g/mol. The Labute approximate surface area is 109 Å². The molecule has 0 bridgehead atoms. The first kappa shape index (κ1) is 11.8. The highest BCUT2D eigenvalue weighted by Gasteiger charge is 2.19. The van der Waals surface area contributed by atoms with Crippen molar-refractivity contribution in [1.82, 2.24) is 10.3 Å². The van der Waals surface area contributed by atoms with E-state index in [1.165, 1.54) is 59.2 Å². The normalized spacial score (nSPS) is 19.8. The number of fused-ring (bicyclic) bond motifs is 1. The molecule has 1 atom stereocenters. The first-order valence-corrected chi connectivity index (χ1v) is 6.95. The molecule has 2 nitrogen and oxygen atoms in total. The molecule has 1 unspecified atom stereocenters. The van der Waals surface area contributed by atoms with Gasteiger partial charge in [-0.05, 0) is 69.3 Å². The van der Waals surface area contributed by atoms with Crippen LogP contribution in [0.3, 0.4) is 0 Å². The van der Waals surface area contributed by atoms with Crippen LogP contribution in [-0.4, -0.2) is 18.1 Å². The second-order valence-electron chi connectivity index (χ2n) is 5.72. The van der Waals surface area contributed by atoms with Crippen LogP contribution in [0, 0.1) is 26.7 Å². The molecule has 2 heterocycles. The van der Waals surface area contributed by atoms with Crippen molar-refractivity contribution in [3.05, 3.63) is 34.5 Å². The Morgan fingerprint density at radius 2 is 2.06 bits per heavy atom. The number of H-pyrrole nitrogens is 1. The van der Waals surface area contributed by atoms with Crippen molar-refractivity contribution in [3.63, 3.8) is 0 Å². The molecule has 1 aliphatic heterocycles. The van der Waals surface area contributed by atoms with Crippen LogP contribution >= 0.6 is 0 Å². The molecule has 0 amide bonds. The summed E-state index contributed by atoms with van der Waals surface area (Å²) in [5.41, 5.74) is 6.99. The molecule has 1 fully saturated rings. The topological polar surface area (TPSA) is 27.8 Å². The molecule has 0 aliphatic carbocycles. The summed E-state index contributed by atoms with van der Waals surface area (Å²) in [6, 6.07) is 4.54. The molecule has 3 rings (SSSR count). The molecule has 96 valence electrons. The minimum Gasteiger partial charge on any atom is -0.358 e. The van der Waals surface area contributed by atoms with E-state index in [1.54, 1.807) is 0 Å². The van der Waals surface area contributed by atoms with Crippen LogP contribution < -0.4 is 5.32 Å². The van der Waals surface area contributed by atoms with E-state index >= 15 is 0 Å². The SMILES string of the molecule is Cc1ccc2c(CC3CCNC3)c(C)[nH]c2c1C. The lowest BCUT2D eigenvalue weighted by atomic mass is 9.95. The van der Waals surface area contributed by atoms with E-state index in [-0.39, 0.29) is 0 Å². The number of aryl methyl sites for hydroxylation is 3. The molecule has 18 heavy (non-hydrogen) atoms. The first-order chi connectivity index (χ1) is 8.66. The van der Waals surface area contributed by atoms with E-state index in [2.05, 4.69) is 43.2 Å². The van der Waals surface area contributed by atoms with Crippen LogP contribution in [-0.2, 0) is 6.42 Å². The highest BCUT2D eigenvalue weighted by Crippen LogP contribution is 2.29. The summed E-state index contributed by atoms with van der Waals surface area (Å²) in [5.74, 6) is 0.810. The van der Waals surface area contributed by atoms with E-state index in [4.69, 9.17) is 0 Å². The van der Waals surface area contributed by atoms with Gasteiger partial charge in [-0.3, -0.25) is 0 Å². The van der Waals surface area contributed by atoms with Gasteiger partial charge in [-0.2, -0.15) is 0 Å². The Hall–Kier alpha value is -1.28. The number of benzene rings is 1. The smallest absolute Gasteiger partial charge is 0.0491 e. The van der Waals surface area contributed by atoms with Gasteiger partial charge in [-0.15, -0.1) is 0 Å². The van der Waals surface area contributed by atoms with Crippen molar-refractivity contribution < 1.29 is 0 Å². The molecule has 1 saturated heterocycles. The fourth-order valence-corrected chi connectivity index (χ4v) is 3.13. The summed E-state index contributed by atoms with van der Waals surface area (Å²) in [6.45, 7) is 8.98. The van der Waals surface area contributed by atoms with Crippen molar-refractivity contribution >= 4 is 10.9 Å². The number of nitrogens with one attached hydrogen (secondary N) is 2. The largest absolute Gasteiger partial charge is 0.358 e. The first-order valence-electron chi connectivity index (χ1n) is 6.95. The minimum atomic E-state index is 0.810. The van der Waals surface area contributed by atoms with Crippen molar-refractivity contribution in [2.75, 3.05) is 13.1 Å². The van der Waals surface area contributed by atoms with Crippen LogP contribution in [0.4, 0.5) is 0 Å². The highest BCUT2D eigenvalue weighted by molar-refractivity contribution is 5.88. The molecule has 1 aromatic carbocycles. The summed E-state index contributed by atoms with van der Waals surface area (Å²) < 4.78 is 0. The van der Waals surface area contributed by atoms with Crippen LogP contribution in [0.2, 0.25) is 0 Å². The van der Waals surface area contributed by atoms with Gasteiger partial charge in [0.05, 0.1) is 0 Å². The molecule has 2 aromatic rings. The zero-order valence-corrected chi connectivity index (χ0v) is 11.6. The zero-order chi connectivity index (χ0) is 12.7. The molecule has 1 aliphatic rings. The quantitative estimate of drug-likeness (QED) is 0.831. The van der Waals surface area contributed by atoms with Gasteiger partial charge in [0.1, 0.15) is 0 Å². The van der Waals surface area contributed by atoms with Gasteiger partial charge in [0.2, 0.25) is 0 Å². The maximum absolute atomic E-state index is 3.59. The Kier molecular flexibility index (Phi) is 2.90. The molecular weight excluding hydrogens is 220 g/mol. The Morgan fingerprint density at radius 3 is 2.78 bits per heavy atom. The van der Waals surface area contributed by atoms with E-state index in [0.717, 1.165) is 5.92 Å². The molecule has 0 radical (unpaired) electrons. The molecular formula is C16H22N2. The Bertz CT molecular complexity index is 574. The standard InChI is InChI=1S/C16H22N2/c1-10-4-5-14-15(8-13-6-7-17-9-13)12(3)18-16(14)11(10)2/h4-5,13,17-18H,6-9H2,1-3H3. The van der Waals surface area contributed by atoms with Crippen LogP contribution in [0.5, 0.6) is 0 Å². The lowest BCUT2D eigenvalue weighted by Gasteiger charge is -2.08. The van der Waals surface area contributed by atoms with Crippen molar-refractivity contribution in [3.8, 4) is 0 Å². The number of hydrogen-bond donors (Lipinski definition) is 2. The fraction of sp³-hybridized carbons (Fsp3) is 0.500. The van der Waals surface area contributed by atoms with Gasteiger partial charge < -0.3 is 10.3 Å².